The van der Waals surface area contributed by atoms with Gasteiger partial charge in [-0.15, -0.1) is 11.6 Å². The predicted molar refractivity (Wildman–Crippen MR) is 73.2 cm³/mol. The molecule has 0 saturated heterocycles. The van der Waals surface area contributed by atoms with Gasteiger partial charge >= 0.3 is 0 Å². The van der Waals surface area contributed by atoms with Crippen LogP contribution in [-0.2, 0) is 4.74 Å². The molecular weight excluding hydrogens is 327 g/mol. The lowest BCUT2D eigenvalue weighted by molar-refractivity contribution is -0.0759. The lowest BCUT2D eigenvalue weighted by Gasteiger charge is -2.40. The van der Waals surface area contributed by atoms with Crippen molar-refractivity contribution in [1.29, 1.82) is 0 Å². The van der Waals surface area contributed by atoms with E-state index in [9.17, 15) is 0 Å². The first-order chi connectivity index (χ1) is 8.11. The van der Waals surface area contributed by atoms with E-state index in [0.29, 0.717) is 17.4 Å². The summed E-state index contributed by atoms with van der Waals surface area (Å²) in [6.45, 7) is 2.59. The zero-order valence-electron chi connectivity index (χ0n) is 9.33. The van der Waals surface area contributed by atoms with Crippen molar-refractivity contribution in [2.75, 3.05) is 6.61 Å². The van der Waals surface area contributed by atoms with E-state index in [4.69, 9.17) is 32.7 Å². The molecule has 1 aromatic carbocycles. The summed E-state index contributed by atoms with van der Waals surface area (Å²) in [5, 5.41) is 0.632. The highest BCUT2D eigenvalue weighted by Gasteiger charge is 2.42. The monoisotopic (exact) mass is 338 g/mol. The van der Waals surface area contributed by atoms with Crippen LogP contribution in [0.15, 0.2) is 22.7 Å². The van der Waals surface area contributed by atoms with Crippen LogP contribution in [0.4, 0.5) is 0 Å². The highest BCUT2D eigenvalue weighted by atomic mass is 79.9. The second-order valence-corrected chi connectivity index (χ2v) is 5.79. The molecule has 2 nitrogen and oxygen atoms in total. The zero-order chi connectivity index (χ0) is 12.4. The van der Waals surface area contributed by atoms with E-state index in [0.717, 1.165) is 10.9 Å². The molecule has 1 aliphatic rings. The number of benzene rings is 1. The van der Waals surface area contributed by atoms with Gasteiger partial charge in [0.25, 0.3) is 0 Å². The maximum absolute atomic E-state index is 6.08. The van der Waals surface area contributed by atoms with Gasteiger partial charge in [-0.25, -0.2) is 0 Å². The summed E-state index contributed by atoms with van der Waals surface area (Å²) in [6, 6.07) is 5.53. The molecule has 0 spiro atoms. The molecule has 17 heavy (non-hydrogen) atoms. The average Bonchev–Trinajstić information content (AvgIpc) is 2.30. The molecule has 0 heterocycles. The van der Waals surface area contributed by atoms with Crippen LogP contribution in [0.25, 0.3) is 0 Å². The molecule has 0 radical (unpaired) electrons. The molecule has 94 valence electrons. The van der Waals surface area contributed by atoms with Gasteiger partial charge in [-0.2, -0.15) is 0 Å². The summed E-state index contributed by atoms with van der Waals surface area (Å²) >= 11 is 15.5. The highest BCUT2D eigenvalue weighted by Crippen LogP contribution is 2.36. The van der Waals surface area contributed by atoms with Crippen molar-refractivity contribution in [3.05, 3.63) is 27.7 Å². The van der Waals surface area contributed by atoms with Gasteiger partial charge in [0.1, 0.15) is 18.0 Å². The van der Waals surface area contributed by atoms with Gasteiger partial charge in [-0.1, -0.05) is 27.5 Å². The van der Waals surface area contributed by atoms with Crippen LogP contribution in [0.2, 0.25) is 5.02 Å². The largest absolute Gasteiger partial charge is 0.486 e. The lowest BCUT2D eigenvalue weighted by atomic mass is 9.91. The molecule has 0 aromatic heterocycles. The Morgan fingerprint density at radius 3 is 2.88 bits per heavy atom. The quantitative estimate of drug-likeness (QED) is 0.763. The Hall–Kier alpha value is 0.0400. The summed E-state index contributed by atoms with van der Waals surface area (Å²) in [5.41, 5.74) is 0. The van der Waals surface area contributed by atoms with Gasteiger partial charge < -0.3 is 9.47 Å². The first-order valence-electron chi connectivity index (χ1n) is 5.49. The summed E-state index contributed by atoms with van der Waals surface area (Å²) < 4.78 is 12.3. The van der Waals surface area contributed by atoms with Crippen LogP contribution >= 0.6 is 39.1 Å². The van der Waals surface area contributed by atoms with Crippen LogP contribution in [-0.4, -0.2) is 24.2 Å². The zero-order valence-corrected chi connectivity index (χ0v) is 12.4. The SMILES string of the molecule is CCOC1C(Cl)CC1Oc1cc(Br)ccc1Cl. The summed E-state index contributed by atoms with van der Waals surface area (Å²) in [7, 11) is 0. The molecule has 0 amide bonds. The van der Waals surface area contributed by atoms with Crippen LogP contribution in [0.1, 0.15) is 13.3 Å². The van der Waals surface area contributed by atoms with Gasteiger partial charge in [0.05, 0.1) is 10.4 Å². The molecular formula is C12H13BrCl2O2. The van der Waals surface area contributed by atoms with Gasteiger partial charge in [0.15, 0.2) is 0 Å². The number of alkyl halides is 1. The van der Waals surface area contributed by atoms with E-state index in [1.807, 2.05) is 19.1 Å². The molecule has 3 atom stereocenters. The second-order valence-electron chi connectivity index (χ2n) is 3.90. The van der Waals surface area contributed by atoms with Gasteiger partial charge in [0, 0.05) is 17.5 Å². The molecule has 0 aliphatic heterocycles. The van der Waals surface area contributed by atoms with Crippen molar-refractivity contribution >= 4 is 39.1 Å². The molecule has 2 rings (SSSR count). The molecule has 1 saturated carbocycles. The maximum atomic E-state index is 6.08. The molecule has 3 unspecified atom stereocenters. The standard InChI is InChI=1S/C12H13BrCl2O2/c1-2-16-12-9(15)6-11(12)17-10-5-7(13)3-4-8(10)14/h3-5,9,11-12H,2,6H2,1H3. The van der Waals surface area contributed by atoms with Crippen LogP contribution in [0, 0.1) is 0 Å². The number of ether oxygens (including phenoxy) is 2. The number of hydrogen-bond donors (Lipinski definition) is 0. The Morgan fingerprint density at radius 1 is 1.47 bits per heavy atom. The fourth-order valence-electron chi connectivity index (χ4n) is 1.78. The van der Waals surface area contributed by atoms with Crippen molar-refractivity contribution in [2.45, 2.75) is 30.9 Å². The van der Waals surface area contributed by atoms with Gasteiger partial charge in [-0.05, 0) is 25.1 Å². The minimum absolute atomic E-state index is 0.00995. The fourth-order valence-corrected chi connectivity index (χ4v) is 2.69. The van der Waals surface area contributed by atoms with Crippen molar-refractivity contribution in [1.82, 2.24) is 0 Å². The van der Waals surface area contributed by atoms with Gasteiger partial charge in [0.2, 0.25) is 0 Å². The van der Waals surface area contributed by atoms with E-state index in [1.165, 1.54) is 0 Å². The second kappa shape index (κ2) is 5.79. The number of halogens is 3. The minimum atomic E-state index is -0.0447. The summed E-state index contributed by atoms with van der Waals surface area (Å²) in [6.07, 6.45) is 0.732. The maximum Gasteiger partial charge on any atom is 0.139 e. The molecule has 5 heteroatoms. The van der Waals surface area contributed by atoms with Crippen molar-refractivity contribution < 1.29 is 9.47 Å². The van der Waals surface area contributed by atoms with Crippen molar-refractivity contribution in [3.63, 3.8) is 0 Å². The Balaban J connectivity index is 2.03. The Kier molecular flexibility index (Phi) is 4.59. The highest BCUT2D eigenvalue weighted by molar-refractivity contribution is 9.10. The molecule has 1 aliphatic carbocycles. The minimum Gasteiger partial charge on any atom is -0.486 e. The third-order valence-electron chi connectivity index (χ3n) is 2.71. The number of hydrogen-bond acceptors (Lipinski definition) is 2. The Bertz CT molecular complexity index is 400. The number of rotatable bonds is 4. The summed E-state index contributed by atoms with van der Waals surface area (Å²) in [4.78, 5) is 0. The third kappa shape index (κ3) is 3.08. The van der Waals surface area contributed by atoms with Crippen LogP contribution in [0.5, 0.6) is 5.75 Å². The Morgan fingerprint density at radius 2 is 2.24 bits per heavy atom. The van der Waals surface area contributed by atoms with E-state index in [2.05, 4.69) is 15.9 Å². The average molecular weight is 340 g/mol. The fraction of sp³-hybridized carbons (Fsp3) is 0.500. The normalized spacial score (nSPS) is 27.6. The van der Waals surface area contributed by atoms with E-state index in [-0.39, 0.29) is 17.6 Å². The first kappa shape index (κ1) is 13.5. The van der Waals surface area contributed by atoms with E-state index >= 15 is 0 Å². The van der Waals surface area contributed by atoms with Crippen LogP contribution < -0.4 is 4.74 Å². The molecule has 1 fully saturated rings. The molecule has 0 N–H and O–H groups in total. The smallest absolute Gasteiger partial charge is 0.139 e. The molecule has 1 aromatic rings. The predicted octanol–water partition coefficient (Wildman–Crippen LogP) is 4.27. The Labute approximate surface area is 119 Å². The van der Waals surface area contributed by atoms with E-state index in [1.54, 1.807) is 6.07 Å². The lowest BCUT2D eigenvalue weighted by Crippen LogP contribution is -2.52. The summed E-state index contributed by atoms with van der Waals surface area (Å²) in [5.74, 6) is 0.666. The van der Waals surface area contributed by atoms with Crippen LogP contribution in [0.3, 0.4) is 0 Å². The van der Waals surface area contributed by atoms with Crippen molar-refractivity contribution in [3.8, 4) is 5.75 Å². The van der Waals surface area contributed by atoms with Gasteiger partial charge in [-0.3, -0.25) is 0 Å². The first-order valence-corrected chi connectivity index (χ1v) is 7.10. The van der Waals surface area contributed by atoms with E-state index < -0.39 is 0 Å². The third-order valence-corrected chi connectivity index (χ3v) is 3.94. The topological polar surface area (TPSA) is 18.5 Å². The van der Waals surface area contributed by atoms with Crippen molar-refractivity contribution in [2.24, 2.45) is 0 Å². The molecule has 0 bridgehead atoms.